The molecule has 1 amide bonds. The highest BCUT2D eigenvalue weighted by molar-refractivity contribution is 5.81. The van der Waals surface area contributed by atoms with Crippen molar-refractivity contribution in [2.45, 2.75) is 58.0 Å². The van der Waals surface area contributed by atoms with Crippen LogP contribution in [0.2, 0.25) is 0 Å². The van der Waals surface area contributed by atoms with Gasteiger partial charge in [0, 0.05) is 12.6 Å². The van der Waals surface area contributed by atoms with Crippen molar-refractivity contribution < 1.29 is 4.79 Å². The maximum Gasteiger partial charge on any atom is 0.237 e. The third-order valence-corrected chi connectivity index (χ3v) is 3.60. The monoisotopic (exact) mass is 241 g/mol. The minimum atomic E-state index is -0.0154. The molecular weight excluding hydrogens is 214 g/mol. The fraction of sp³-hybridized carbons (Fsp3) is 0.923. The summed E-state index contributed by atoms with van der Waals surface area (Å²) in [6.07, 6.45) is 5.65. The summed E-state index contributed by atoms with van der Waals surface area (Å²) in [6.45, 7) is 6.61. The molecule has 0 radical (unpaired) electrons. The maximum atomic E-state index is 12.0. The predicted octanol–water partition coefficient (Wildman–Crippen LogP) is 1.10. The van der Waals surface area contributed by atoms with E-state index in [1.54, 1.807) is 0 Å². The Hall–Kier alpha value is -0.610. The Balaban J connectivity index is 2.51. The molecule has 1 saturated heterocycles. The lowest BCUT2D eigenvalue weighted by atomic mass is 9.97. The van der Waals surface area contributed by atoms with Crippen LogP contribution in [-0.4, -0.2) is 42.5 Å². The Labute approximate surface area is 105 Å². The molecule has 1 aliphatic heterocycles. The quantitative estimate of drug-likeness (QED) is 0.732. The van der Waals surface area contributed by atoms with Crippen LogP contribution in [0.15, 0.2) is 0 Å². The van der Waals surface area contributed by atoms with Gasteiger partial charge in [0.2, 0.25) is 5.91 Å². The van der Waals surface area contributed by atoms with E-state index in [0.717, 1.165) is 25.9 Å². The molecule has 1 heterocycles. The van der Waals surface area contributed by atoms with E-state index in [1.807, 2.05) is 6.92 Å². The van der Waals surface area contributed by atoms with Crippen LogP contribution in [0.1, 0.15) is 46.0 Å². The zero-order valence-electron chi connectivity index (χ0n) is 11.2. The number of hydrogen-bond acceptors (Lipinski definition) is 3. The summed E-state index contributed by atoms with van der Waals surface area (Å²) in [5.74, 6) is 0.163. The first kappa shape index (κ1) is 14.5. The molecule has 4 heteroatoms. The average Bonchev–Trinajstić information content (AvgIpc) is 2.36. The molecule has 0 spiro atoms. The Morgan fingerprint density at radius 1 is 1.53 bits per heavy atom. The Bertz CT molecular complexity index is 231. The minimum absolute atomic E-state index is 0.0154. The summed E-state index contributed by atoms with van der Waals surface area (Å²) < 4.78 is 0. The Kier molecular flexibility index (Phi) is 6.52. The van der Waals surface area contributed by atoms with Crippen LogP contribution < -0.4 is 11.1 Å². The number of piperidine rings is 1. The Morgan fingerprint density at radius 2 is 2.29 bits per heavy atom. The molecule has 0 aromatic rings. The van der Waals surface area contributed by atoms with E-state index in [4.69, 9.17) is 5.73 Å². The number of hydrogen-bond donors (Lipinski definition) is 2. The molecule has 1 fully saturated rings. The van der Waals surface area contributed by atoms with E-state index in [0.29, 0.717) is 12.6 Å². The molecule has 1 rings (SSSR count). The van der Waals surface area contributed by atoms with E-state index < -0.39 is 0 Å². The van der Waals surface area contributed by atoms with E-state index >= 15 is 0 Å². The highest BCUT2D eigenvalue weighted by atomic mass is 16.2. The van der Waals surface area contributed by atoms with E-state index in [-0.39, 0.29) is 11.9 Å². The third kappa shape index (κ3) is 4.28. The summed E-state index contributed by atoms with van der Waals surface area (Å²) >= 11 is 0. The zero-order chi connectivity index (χ0) is 12.7. The lowest BCUT2D eigenvalue weighted by Gasteiger charge is -2.39. The van der Waals surface area contributed by atoms with Gasteiger partial charge < -0.3 is 11.1 Å². The zero-order valence-corrected chi connectivity index (χ0v) is 11.2. The third-order valence-electron chi connectivity index (χ3n) is 3.60. The first-order chi connectivity index (χ1) is 8.20. The molecule has 100 valence electrons. The van der Waals surface area contributed by atoms with Crippen LogP contribution >= 0.6 is 0 Å². The summed E-state index contributed by atoms with van der Waals surface area (Å²) in [5, 5.41) is 2.98. The minimum Gasteiger partial charge on any atom is -0.355 e. The van der Waals surface area contributed by atoms with Gasteiger partial charge in [-0.15, -0.1) is 0 Å². The molecule has 1 aliphatic rings. The van der Waals surface area contributed by atoms with Gasteiger partial charge in [-0.05, 0) is 45.7 Å². The van der Waals surface area contributed by atoms with Crippen molar-refractivity contribution in [3.63, 3.8) is 0 Å². The molecule has 0 aliphatic carbocycles. The van der Waals surface area contributed by atoms with Crippen LogP contribution in [0.5, 0.6) is 0 Å². The highest BCUT2D eigenvalue weighted by Crippen LogP contribution is 2.21. The van der Waals surface area contributed by atoms with Crippen molar-refractivity contribution in [2.75, 3.05) is 19.6 Å². The average molecular weight is 241 g/mol. The number of nitrogens with one attached hydrogen (secondary N) is 1. The van der Waals surface area contributed by atoms with Gasteiger partial charge in [-0.3, -0.25) is 9.69 Å². The Morgan fingerprint density at radius 3 is 2.94 bits per heavy atom. The van der Waals surface area contributed by atoms with Gasteiger partial charge in [-0.25, -0.2) is 0 Å². The van der Waals surface area contributed by atoms with Crippen LogP contribution in [0.3, 0.4) is 0 Å². The second-order valence-electron chi connectivity index (χ2n) is 4.93. The van der Waals surface area contributed by atoms with Crippen LogP contribution in [-0.2, 0) is 4.79 Å². The van der Waals surface area contributed by atoms with Crippen molar-refractivity contribution in [1.82, 2.24) is 10.2 Å². The molecule has 4 nitrogen and oxygen atoms in total. The van der Waals surface area contributed by atoms with Gasteiger partial charge in [0.15, 0.2) is 0 Å². The molecule has 17 heavy (non-hydrogen) atoms. The summed E-state index contributed by atoms with van der Waals surface area (Å²) in [6, 6.07) is 0.481. The molecule has 3 N–H and O–H groups in total. The number of carbonyl (C=O) groups excluding carboxylic acids is 1. The fourth-order valence-corrected chi connectivity index (χ4v) is 2.58. The van der Waals surface area contributed by atoms with Crippen molar-refractivity contribution in [2.24, 2.45) is 5.73 Å². The first-order valence-electron chi connectivity index (χ1n) is 6.94. The summed E-state index contributed by atoms with van der Waals surface area (Å²) in [4.78, 5) is 14.3. The van der Waals surface area contributed by atoms with Crippen molar-refractivity contribution in [1.29, 1.82) is 0 Å². The normalized spacial score (nSPS) is 23.4. The number of carbonyl (C=O) groups is 1. The van der Waals surface area contributed by atoms with Crippen molar-refractivity contribution in [3.05, 3.63) is 0 Å². The first-order valence-corrected chi connectivity index (χ1v) is 6.94. The van der Waals surface area contributed by atoms with Crippen LogP contribution in [0, 0.1) is 0 Å². The van der Waals surface area contributed by atoms with Gasteiger partial charge in [-0.1, -0.05) is 13.3 Å². The molecule has 0 bridgehead atoms. The molecule has 0 saturated carbocycles. The van der Waals surface area contributed by atoms with E-state index in [1.165, 1.54) is 19.3 Å². The van der Waals surface area contributed by atoms with E-state index in [2.05, 4.69) is 17.1 Å². The number of nitrogens with zero attached hydrogens (tertiary/aromatic N) is 1. The highest BCUT2D eigenvalue weighted by Gasteiger charge is 2.29. The largest absolute Gasteiger partial charge is 0.355 e. The van der Waals surface area contributed by atoms with Crippen LogP contribution in [0.4, 0.5) is 0 Å². The number of amides is 1. The fourth-order valence-electron chi connectivity index (χ4n) is 2.58. The lowest BCUT2D eigenvalue weighted by Crippen LogP contribution is -2.52. The van der Waals surface area contributed by atoms with Crippen LogP contribution in [0.25, 0.3) is 0 Å². The molecule has 2 unspecified atom stereocenters. The molecule has 0 aromatic heterocycles. The smallest absolute Gasteiger partial charge is 0.237 e. The van der Waals surface area contributed by atoms with Crippen molar-refractivity contribution in [3.8, 4) is 0 Å². The molecular formula is C13H27N3O. The van der Waals surface area contributed by atoms with E-state index in [9.17, 15) is 4.79 Å². The second-order valence-corrected chi connectivity index (χ2v) is 4.93. The second kappa shape index (κ2) is 7.67. The summed E-state index contributed by atoms with van der Waals surface area (Å²) in [5.41, 5.74) is 5.65. The van der Waals surface area contributed by atoms with Crippen molar-refractivity contribution >= 4 is 5.91 Å². The number of nitrogens with two attached hydrogens (primary N) is 1. The van der Waals surface area contributed by atoms with Gasteiger partial charge >= 0.3 is 0 Å². The van der Waals surface area contributed by atoms with Gasteiger partial charge in [0.1, 0.15) is 0 Å². The SMILES string of the molecule is CCCNC(=O)C(C)N1CCCCC1CCN. The van der Waals surface area contributed by atoms with Gasteiger partial charge in [0.25, 0.3) is 0 Å². The maximum absolute atomic E-state index is 12.0. The van der Waals surface area contributed by atoms with Gasteiger partial charge in [0.05, 0.1) is 6.04 Å². The number of rotatable bonds is 6. The number of likely N-dealkylation sites (tertiary alicyclic amines) is 1. The van der Waals surface area contributed by atoms with Gasteiger partial charge in [-0.2, -0.15) is 0 Å². The predicted molar refractivity (Wildman–Crippen MR) is 70.8 cm³/mol. The molecule has 2 atom stereocenters. The molecule has 0 aromatic carbocycles. The standard InChI is InChI=1S/C13H27N3O/c1-3-9-15-13(17)11(2)16-10-5-4-6-12(16)7-8-14/h11-12H,3-10,14H2,1-2H3,(H,15,17). The summed E-state index contributed by atoms with van der Waals surface area (Å²) in [7, 11) is 0. The lowest BCUT2D eigenvalue weighted by molar-refractivity contribution is -0.127. The topological polar surface area (TPSA) is 58.4 Å².